The SMILES string of the molecule is CCCOc1cc(C)c(-c2cc(-c3cnc(NC(=O)NC(C)C)s3)nc(-c3cnccn3)n2)c(C)c1. The summed E-state index contributed by atoms with van der Waals surface area (Å²) in [6.07, 6.45) is 7.51. The van der Waals surface area contributed by atoms with E-state index in [1.54, 1.807) is 24.8 Å². The molecule has 0 bridgehead atoms. The van der Waals surface area contributed by atoms with E-state index in [2.05, 4.69) is 32.5 Å². The van der Waals surface area contributed by atoms with Crippen LogP contribution in [0.3, 0.4) is 0 Å². The molecule has 0 atom stereocenters. The van der Waals surface area contributed by atoms with Crippen molar-refractivity contribution >= 4 is 22.5 Å². The highest BCUT2D eigenvalue weighted by molar-refractivity contribution is 7.19. The molecule has 1 aromatic carbocycles. The van der Waals surface area contributed by atoms with E-state index < -0.39 is 0 Å². The molecule has 3 heterocycles. The van der Waals surface area contributed by atoms with Crippen LogP contribution in [-0.4, -0.2) is 43.6 Å². The first kappa shape index (κ1) is 25.2. The molecule has 0 saturated heterocycles. The number of aromatic nitrogens is 5. The number of thiazole rings is 1. The van der Waals surface area contributed by atoms with Gasteiger partial charge in [-0.25, -0.2) is 24.7 Å². The second-order valence-corrected chi connectivity index (χ2v) is 9.65. The molecule has 3 aromatic heterocycles. The van der Waals surface area contributed by atoms with E-state index in [-0.39, 0.29) is 12.1 Å². The van der Waals surface area contributed by atoms with Crippen molar-refractivity contribution in [1.82, 2.24) is 30.2 Å². The fourth-order valence-electron chi connectivity index (χ4n) is 3.71. The fraction of sp³-hybridized carbons (Fsp3) is 0.308. The number of aryl methyl sites for hydroxylation is 2. The molecule has 0 aliphatic carbocycles. The monoisotopic (exact) mass is 503 g/mol. The highest BCUT2D eigenvalue weighted by atomic mass is 32.1. The molecule has 0 aliphatic heterocycles. The summed E-state index contributed by atoms with van der Waals surface area (Å²) < 4.78 is 5.85. The van der Waals surface area contributed by atoms with Crippen LogP contribution >= 0.6 is 11.3 Å². The third-order valence-corrected chi connectivity index (χ3v) is 6.09. The standard InChI is InChI=1S/C26H29N7O2S/c1-6-9-35-18-10-16(4)23(17(5)11-18)20-12-19(31-24(32-20)21-13-27-7-8-28-21)22-14-29-26(36-22)33-25(34)30-15(2)3/h7-8,10-15H,6,9H2,1-5H3,(H2,29,30,33,34). The van der Waals surface area contributed by atoms with Gasteiger partial charge in [-0.3, -0.25) is 10.3 Å². The lowest BCUT2D eigenvalue weighted by Gasteiger charge is -2.14. The van der Waals surface area contributed by atoms with Crippen molar-refractivity contribution in [3.63, 3.8) is 0 Å². The van der Waals surface area contributed by atoms with Crippen molar-refractivity contribution in [3.05, 3.63) is 54.1 Å². The van der Waals surface area contributed by atoms with Gasteiger partial charge in [-0.1, -0.05) is 18.3 Å². The Labute approximate surface area is 214 Å². The summed E-state index contributed by atoms with van der Waals surface area (Å²) in [7, 11) is 0. The Morgan fingerprint density at radius 2 is 1.75 bits per heavy atom. The average molecular weight is 504 g/mol. The maximum absolute atomic E-state index is 12.1. The normalized spacial score (nSPS) is 10.9. The van der Waals surface area contributed by atoms with Gasteiger partial charge in [0.05, 0.1) is 29.1 Å². The molecule has 0 fully saturated rings. The number of hydrogen-bond donors (Lipinski definition) is 2. The van der Waals surface area contributed by atoms with Crippen LogP contribution in [0, 0.1) is 13.8 Å². The van der Waals surface area contributed by atoms with Crippen molar-refractivity contribution in [1.29, 1.82) is 0 Å². The quantitative estimate of drug-likeness (QED) is 0.319. The van der Waals surface area contributed by atoms with E-state index in [9.17, 15) is 4.79 Å². The molecule has 0 spiro atoms. The molecule has 10 heteroatoms. The molecule has 9 nitrogen and oxygen atoms in total. The number of anilines is 1. The lowest BCUT2D eigenvalue weighted by Crippen LogP contribution is -2.34. The van der Waals surface area contributed by atoms with Crippen molar-refractivity contribution in [2.45, 2.75) is 47.1 Å². The van der Waals surface area contributed by atoms with Crippen molar-refractivity contribution in [3.8, 4) is 39.1 Å². The number of rotatable bonds is 8. The molecular formula is C26H29N7O2S. The first-order chi connectivity index (χ1) is 17.3. The number of urea groups is 1. The minimum atomic E-state index is -0.300. The van der Waals surface area contributed by atoms with Gasteiger partial charge in [0.1, 0.15) is 11.4 Å². The van der Waals surface area contributed by atoms with Crippen LogP contribution in [0.25, 0.3) is 33.3 Å². The van der Waals surface area contributed by atoms with Crippen LogP contribution in [0.4, 0.5) is 9.93 Å². The Morgan fingerprint density at radius 1 is 1.00 bits per heavy atom. The van der Waals surface area contributed by atoms with Gasteiger partial charge in [-0.15, -0.1) is 0 Å². The van der Waals surface area contributed by atoms with Gasteiger partial charge in [0.15, 0.2) is 11.0 Å². The Hall–Kier alpha value is -3.92. The molecule has 2 amide bonds. The van der Waals surface area contributed by atoms with E-state index in [4.69, 9.17) is 14.7 Å². The maximum Gasteiger partial charge on any atom is 0.321 e. The first-order valence-electron chi connectivity index (χ1n) is 11.8. The number of carbonyl (C=O) groups is 1. The molecule has 36 heavy (non-hydrogen) atoms. The predicted octanol–water partition coefficient (Wildman–Crippen LogP) is 5.66. The van der Waals surface area contributed by atoms with E-state index >= 15 is 0 Å². The first-order valence-corrected chi connectivity index (χ1v) is 12.6. The van der Waals surface area contributed by atoms with Gasteiger partial charge in [0, 0.05) is 30.2 Å². The number of nitrogens with one attached hydrogen (secondary N) is 2. The minimum Gasteiger partial charge on any atom is -0.494 e. The third kappa shape index (κ3) is 6.01. The van der Waals surface area contributed by atoms with Crippen molar-refractivity contribution in [2.75, 3.05) is 11.9 Å². The van der Waals surface area contributed by atoms with Crippen LogP contribution in [0.2, 0.25) is 0 Å². The van der Waals surface area contributed by atoms with Crippen molar-refractivity contribution < 1.29 is 9.53 Å². The summed E-state index contributed by atoms with van der Waals surface area (Å²) in [6, 6.07) is 5.72. The predicted molar refractivity (Wildman–Crippen MR) is 142 cm³/mol. The van der Waals surface area contributed by atoms with Crippen molar-refractivity contribution in [2.24, 2.45) is 0 Å². The topological polar surface area (TPSA) is 115 Å². The van der Waals surface area contributed by atoms with E-state index in [0.29, 0.717) is 29.0 Å². The number of nitrogens with zero attached hydrogens (tertiary/aromatic N) is 5. The second-order valence-electron chi connectivity index (χ2n) is 8.62. The number of benzene rings is 1. The van der Waals surface area contributed by atoms with Gasteiger partial charge in [-0.2, -0.15) is 0 Å². The molecule has 0 aliphatic rings. The van der Waals surface area contributed by atoms with Crippen LogP contribution in [0.5, 0.6) is 5.75 Å². The Kier molecular flexibility index (Phi) is 7.84. The van der Waals surface area contributed by atoms with Gasteiger partial charge < -0.3 is 10.1 Å². The van der Waals surface area contributed by atoms with Crippen LogP contribution in [0.15, 0.2) is 43.0 Å². The van der Waals surface area contributed by atoms with E-state index in [1.165, 1.54) is 11.3 Å². The van der Waals surface area contributed by atoms with Gasteiger partial charge in [-0.05, 0) is 63.4 Å². The zero-order valence-corrected chi connectivity index (χ0v) is 21.8. The summed E-state index contributed by atoms with van der Waals surface area (Å²) in [5, 5.41) is 6.05. The van der Waals surface area contributed by atoms with Gasteiger partial charge in [0.25, 0.3) is 0 Å². The fourth-order valence-corrected chi connectivity index (χ4v) is 4.48. The highest BCUT2D eigenvalue weighted by Gasteiger charge is 2.17. The number of ether oxygens (including phenoxy) is 1. The highest BCUT2D eigenvalue weighted by Crippen LogP contribution is 2.35. The zero-order chi connectivity index (χ0) is 25.7. The summed E-state index contributed by atoms with van der Waals surface area (Å²) in [4.78, 5) is 35.5. The molecule has 0 unspecified atom stereocenters. The molecule has 4 aromatic rings. The van der Waals surface area contributed by atoms with E-state index in [1.807, 2.05) is 45.9 Å². The van der Waals surface area contributed by atoms with E-state index in [0.717, 1.165) is 39.4 Å². The average Bonchev–Trinajstić information content (AvgIpc) is 3.30. The smallest absolute Gasteiger partial charge is 0.321 e. The summed E-state index contributed by atoms with van der Waals surface area (Å²) in [6.45, 7) is 10.6. The maximum atomic E-state index is 12.1. The Balaban J connectivity index is 1.77. The zero-order valence-electron chi connectivity index (χ0n) is 21.0. The van der Waals surface area contributed by atoms with Crippen LogP contribution in [0.1, 0.15) is 38.3 Å². The van der Waals surface area contributed by atoms with Crippen LogP contribution < -0.4 is 15.4 Å². The number of amides is 2. The summed E-state index contributed by atoms with van der Waals surface area (Å²) >= 11 is 1.34. The number of carbonyl (C=O) groups excluding carboxylic acids is 1. The lowest BCUT2D eigenvalue weighted by molar-refractivity contribution is 0.250. The van der Waals surface area contributed by atoms with Gasteiger partial charge >= 0.3 is 6.03 Å². The summed E-state index contributed by atoms with van der Waals surface area (Å²) in [5.74, 6) is 1.30. The number of hydrogen-bond acceptors (Lipinski definition) is 8. The largest absolute Gasteiger partial charge is 0.494 e. The lowest BCUT2D eigenvalue weighted by atomic mass is 9.98. The Morgan fingerprint density at radius 3 is 2.42 bits per heavy atom. The molecule has 4 rings (SSSR count). The van der Waals surface area contributed by atoms with Gasteiger partial charge in [0.2, 0.25) is 0 Å². The molecule has 0 radical (unpaired) electrons. The molecule has 0 saturated carbocycles. The molecule has 2 N–H and O–H groups in total. The second kappa shape index (κ2) is 11.2. The minimum absolute atomic E-state index is 0.0219. The Bertz CT molecular complexity index is 1330. The van der Waals surface area contributed by atoms with Crippen LogP contribution in [-0.2, 0) is 0 Å². The molecular weight excluding hydrogens is 474 g/mol. The summed E-state index contributed by atoms with van der Waals surface area (Å²) in [5.41, 5.74) is 5.12. The molecule has 186 valence electrons. The third-order valence-electron chi connectivity index (χ3n) is 5.15.